The Labute approximate surface area is 77.9 Å². The van der Waals surface area contributed by atoms with Gasteiger partial charge in [0.05, 0.1) is 11.2 Å². The van der Waals surface area contributed by atoms with Crippen LogP contribution in [-0.4, -0.2) is 9.78 Å². The van der Waals surface area contributed by atoms with Crippen molar-refractivity contribution in [3.63, 3.8) is 0 Å². The van der Waals surface area contributed by atoms with E-state index in [1.165, 1.54) is 18.5 Å². The molecule has 0 radical (unpaired) electrons. The fourth-order valence-corrected chi connectivity index (χ4v) is 1.88. The summed E-state index contributed by atoms with van der Waals surface area (Å²) in [7, 11) is 2.03. The summed E-state index contributed by atoms with van der Waals surface area (Å²) >= 11 is 0. The Morgan fingerprint density at radius 1 is 1.54 bits per heavy atom. The van der Waals surface area contributed by atoms with Gasteiger partial charge in [0.15, 0.2) is 0 Å². The smallest absolute Gasteiger partial charge is 0.0826 e. The van der Waals surface area contributed by atoms with Crippen molar-refractivity contribution in [1.82, 2.24) is 9.78 Å². The third kappa shape index (κ3) is 1.10. The zero-order chi connectivity index (χ0) is 9.05. The molecule has 3 heteroatoms. The van der Waals surface area contributed by atoms with E-state index in [-0.39, 0.29) is 5.54 Å². The van der Waals surface area contributed by atoms with Gasteiger partial charge in [-0.15, -0.1) is 0 Å². The minimum atomic E-state index is -0.0646. The van der Waals surface area contributed by atoms with Crippen LogP contribution in [0.5, 0.6) is 0 Å². The van der Waals surface area contributed by atoms with Crippen molar-refractivity contribution >= 4 is 0 Å². The van der Waals surface area contributed by atoms with Gasteiger partial charge < -0.3 is 5.73 Å². The average Bonchev–Trinajstić information content (AvgIpc) is 2.98. The lowest BCUT2D eigenvalue weighted by atomic mass is 10.1. The van der Waals surface area contributed by atoms with Crippen molar-refractivity contribution in [3.8, 4) is 0 Å². The molecule has 2 aliphatic carbocycles. The Morgan fingerprint density at radius 3 is 2.77 bits per heavy atom. The van der Waals surface area contributed by atoms with Gasteiger partial charge in [0.25, 0.3) is 0 Å². The monoisotopic (exact) mass is 177 g/mol. The van der Waals surface area contributed by atoms with Crippen LogP contribution in [0.3, 0.4) is 0 Å². The largest absolute Gasteiger partial charge is 0.320 e. The maximum Gasteiger partial charge on any atom is 0.0826 e. The lowest BCUT2D eigenvalue weighted by molar-refractivity contribution is 0.647. The molecule has 0 aromatic carbocycles. The van der Waals surface area contributed by atoms with Crippen LogP contribution in [0.4, 0.5) is 0 Å². The maximum atomic E-state index is 6.09. The van der Waals surface area contributed by atoms with Crippen LogP contribution < -0.4 is 5.73 Å². The molecule has 0 bridgehead atoms. The predicted octanol–water partition coefficient (Wildman–Crippen LogP) is 1.25. The van der Waals surface area contributed by atoms with Crippen molar-refractivity contribution in [3.05, 3.63) is 17.5 Å². The molecule has 1 aromatic heterocycles. The van der Waals surface area contributed by atoms with Gasteiger partial charge in [0.1, 0.15) is 0 Å². The molecule has 3 rings (SSSR count). The Bertz CT molecular complexity index is 345. The second kappa shape index (κ2) is 2.15. The van der Waals surface area contributed by atoms with Gasteiger partial charge >= 0.3 is 0 Å². The molecular formula is C10H15N3. The van der Waals surface area contributed by atoms with Gasteiger partial charge in [0.2, 0.25) is 0 Å². The molecule has 0 spiro atoms. The van der Waals surface area contributed by atoms with Crippen molar-refractivity contribution in [2.24, 2.45) is 12.8 Å². The molecule has 1 heterocycles. The van der Waals surface area contributed by atoms with Crippen LogP contribution in [0.25, 0.3) is 0 Å². The number of hydrogen-bond donors (Lipinski definition) is 1. The summed E-state index contributed by atoms with van der Waals surface area (Å²) in [6.45, 7) is 0. The summed E-state index contributed by atoms with van der Waals surface area (Å²) in [5, 5.41) is 4.50. The number of rotatable bonds is 2. The SMILES string of the molecule is Cn1nc(C2(N)CC2)cc1C1CC1. The predicted molar refractivity (Wildman–Crippen MR) is 50.3 cm³/mol. The molecule has 0 unspecified atom stereocenters. The molecule has 0 saturated heterocycles. The summed E-state index contributed by atoms with van der Waals surface area (Å²) in [5.41, 5.74) is 8.52. The van der Waals surface area contributed by atoms with E-state index < -0.39 is 0 Å². The van der Waals surface area contributed by atoms with E-state index in [0.717, 1.165) is 24.5 Å². The van der Waals surface area contributed by atoms with E-state index in [0.29, 0.717) is 0 Å². The van der Waals surface area contributed by atoms with Gasteiger partial charge in [-0.1, -0.05) is 0 Å². The van der Waals surface area contributed by atoms with Crippen LogP contribution in [0, 0.1) is 0 Å². The minimum Gasteiger partial charge on any atom is -0.320 e. The fraction of sp³-hybridized carbons (Fsp3) is 0.700. The van der Waals surface area contributed by atoms with E-state index in [2.05, 4.69) is 11.2 Å². The fourth-order valence-electron chi connectivity index (χ4n) is 1.88. The molecule has 13 heavy (non-hydrogen) atoms. The first-order valence-corrected chi connectivity index (χ1v) is 5.02. The van der Waals surface area contributed by atoms with E-state index in [9.17, 15) is 0 Å². The zero-order valence-electron chi connectivity index (χ0n) is 7.95. The summed E-state index contributed by atoms with van der Waals surface area (Å²) in [6, 6.07) is 2.21. The molecule has 1 aromatic rings. The van der Waals surface area contributed by atoms with Gasteiger partial charge in [-0.3, -0.25) is 4.68 Å². The molecule has 2 fully saturated rings. The second-order valence-corrected chi connectivity index (χ2v) is 4.51. The zero-order valence-corrected chi connectivity index (χ0v) is 7.95. The number of hydrogen-bond acceptors (Lipinski definition) is 2. The number of nitrogens with two attached hydrogens (primary N) is 1. The summed E-state index contributed by atoms with van der Waals surface area (Å²) in [5.74, 6) is 0.772. The summed E-state index contributed by atoms with van der Waals surface area (Å²) < 4.78 is 2.01. The van der Waals surface area contributed by atoms with E-state index in [4.69, 9.17) is 5.73 Å². The van der Waals surface area contributed by atoms with Crippen molar-refractivity contribution in [2.75, 3.05) is 0 Å². The van der Waals surface area contributed by atoms with E-state index in [1.807, 2.05) is 11.7 Å². The van der Waals surface area contributed by atoms with Crippen LogP contribution in [0.2, 0.25) is 0 Å². The van der Waals surface area contributed by atoms with E-state index in [1.54, 1.807) is 0 Å². The standard InChI is InChI=1S/C10H15N3/c1-13-8(7-2-3-7)6-9(12-13)10(11)4-5-10/h6-7H,2-5,11H2,1H3. The average molecular weight is 177 g/mol. The third-order valence-electron chi connectivity index (χ3n) is 3.21. The first-order chi connectivity index (χ1) is 6.19. The molecule has 2 N–H and O–H groups in total. The number of nitrogens with zero attached hydrogens (tertiary/aromatic N) is 2. The van der Waals surface area contributed by atoms with Crippen LogP contribution in [0.15, 0.2) is 6.07 Å². The van der Waals surface area contributed by atoms with Crippen LogP contribution in [-0.2, 0) is 12.6 Å². The van der Waals surface area contributed by atoms with Gasteiger partial charge in [0, 0.05) is 18.7 Å². The molecule has 0 aliphatic heterocycles. The van der Waals surface area contributed by atoms with Crippen LogP contribution in [0.1, 0.15) is 43.0 Å². The lowest BCUT2D eigenvalue weighted by Gasteiger charge is -2.01. The Kier molecular flexibility index (Phi) is 1.25. The molecule has 0 atom stereocenters. The van der Waals surface area contributed by atoms with Crippen LogP contribution >= 0.6 is 0 Å². The topological polar surface area (TPSA) is 43.8 Å². The van der Waals surface area contributed by atoms with Gasteiger partial charge in [-0.25, -0.2) is 0 Å². The molecule has 3 nitrogen and oxygen atoms in total. The third-order valence-corrected chi connectivity index (χ3v) is 3.21. The molecule has 0 amide bonds. The number of aryl methyl sites for hydroxylation is 1. The van der Waals surface area contributed by atoms with E-state index >= 15 is 0 Å². The number of aromatic nitrogens is 2. The normalized spacial score (nSPS) is 24.8. The van der Waals surface area contributed by atoms with Crippen molar-refractivity contribution in [2.45, 2.75) is 37.1 Å². The molecule has 70 valence electrons. The second-order valence-electron chi connectivity index (χ2n) is 4.51. The first kappa shape index (κ1) is 7.56. The highest BCUT2D eigenvalue weighted by Crippen LogP contribution is 2.45. The minimum absolute atomic E-state index is 0.0646. The summed E-state index contributed by atoms with van der Waals surface area (Å²) in [4.78, 5) is 0. The highest BCUT2D eigenvalue weighted by Gasteiger charge is 2.43. The lowest BCUT2D eigenvalue weighted by Crippen LogP contribution is -2.19. The van der Waals surface area contributed by atoms with Crippen molar-refractivity contribution < 1.29 is 0 Å². The van der Waals surface area contributed by atoms with Crippen molar-refractivity contribution in [1.29, 1.82) is 0 Å². The summed E-state index contributed by atoms with van der Waals surface area (Å²) in [6.07, 6.45) is 4.87. The first-order valence-electron chi connectivity index (χ1n) is 5.02. The Balaban J connectivity index is 1.99. The van der Waals surface area contributed by atoms with Gasteiger partial charge in [-0.05, 0) is 31.7 Å². The molecule has 2 saturated carbocycles. The van der Waals surface area contributed by atoms with Gasteiger partial charge in [-0.2, -0.15) is 5.10 Å². The molecular weight excluding hydrogens is 162 g/mol. The molecule has 2 aliphatic rings. The Hall–Kier alpha value is -0.830. The highest BCUT2D eigenvalue weighted by atomic mass is 15.3. The maximum absolute atomic E-state index is 6.09. The quantitative estimate of drug-likeness (QED) is 0.738. The highest BCUT2D eigenvalue weighted by molar-refractivity contribution is 5.27. The Morgan fingerprint density at radius 2 is 2.23 bits per heavy atom.